The number of hydrogen-bond acceptors (Lipinski definition) is 3. The molecule has 5 heteroatoms. The molecule has 0 aliphatic rings. The van der Waals surface area contributed by atoms with Crippen molar-refractivity contribution >= 4 is 6.03 Å². The van der Waals surface area contributed by atoms with Gasteiger partial charge in [-0.3, -0.25) is 0 Å². The Hall–Kier alpha value is -0.810. The molecular formula is C7H16N2O3. The monoisotopic (exact) mass is 176 g/mol. The standard InChI is InChI=1S/C7H16N2O3/c1-2-3-12-5-6(10)4-9-7(8)11/h6,10H,2-5H2,1H3,(H3,8,9,11). The number of urea groups is 1. The van der Waals surface area contributed by atoms with Crippen molar-refractivity contribution in [3.8, 4) is 0 Å². The summed E-state index contributed by atoms with van der Waals surface area (Å²) in [6.07, 6.45) is 0.236. The van der Waals surface area contributed by atoms with E-state index >= 15 is 0 Å². The molecule has 0 aromatic carbocycles. The first-order valence-electron chi connectivity index (χ1n) is 3.96. The van der Waals surface area contributed by atoms with Gasteiger partial charge in [0.25, 0.3) is 0 Å². The van der Waals surface area contributed by atoms with Crippen molar-refractivity contribution < 1.29 is 14.6 Å². The number of ether oxygens (including phenoxy) is 1. The zero-order chi connectivity index (χ0) is 9.40. The maximum atomic E-state index is 10.2. The minimum absolute atomic E-state index is 0.138. The highest BCUT2D eigenvalue weighted by Crippen LogP contribution is 1.85. The maximum absolute atomic E-state index is 10.2. The fourth-order valence-corrected chi connectivity index (χ4v) is 0.641. The van der Waals surface area contributed by atoms with Gasteiger partial charge < -0.3 is 20.9 Å². The lowest BCUT2D eigenvalue weighted by Crippen LogP contribution is -2.37. The molecule has 12 heavy (non-hydrogen) atoms. The number of carbonyl (C=O) groups excluding carboxylic acids is 1. The molecule has 0 radical (unpaired) electrons. The van der Waals surface area contributed by atoms with Gasteiger partial charge in [0.1, 0.15) is 0 Å². The Bertz CT molecular complexity index is 130. The summed E-state index contributed by atoms with van der Waals surface area (Å²) < 4.78 is 5.03. The number of nitrogens with two attached hydrogens (primary N) is 1. The third-order valence-corrected chi connectivity index (χ3v) is 1.17. The number of rotatable bonds is 6. The predicted molar refractivity (Wildman–Crippen MR) is 44.7 cm³/mol. The third kappa shape index (κ3) is 7.30. The molecule has 0 aliphatic heterocycles. The quantitative estimate of drug-likeness (QED) is 0.474. The predicted octanol–water partition coefficient (Wildman–Crippen LogP) is -0.558. The van der Waals surface area contributed by atoms with Gasteiger partial charge in [0.15, 0.2) is 0 Å². The molecule has 0 saturated carbocycles. The fourth-order valence-electron chi connectivity index (χ4n) is 0.641. The van der Waals surface area contributed by atoms with Crippen LogP contribution in [0.2, 0.25) is 0 Å². The van der Waals surface area contributed by atoms with Crippen LogP contribution in [0.25, 0.3) is 0 Å². The normalized spacial score (nSPS) is 12.5. The van der Waals surface area contributed by atoms with Crippen molar-refractivity contribution in [2.45, 2.75) is 19.4 Å². The first kappa shape index (κ1) is 11.2. The Labute approximate surface area is 71.9 Å². The van der Waals surface area contributed by atoms with Gasteiger partial charge in [-0.15, -0.1) is 0 Å². The van der Waals surface area contributed by atoms with Crippen LogP contribution in [0.5, 0.6) is 0 Å². The summed E-state index contributed by atoms with van der Waals surface area (Å²) in [6, 6.07) is -0.635. The van der Waals surface area contributed by atoms with Gasteiger partial charge in [-0.05, 0) is 6.42 Å². The van der Waals surface area contributed by atoms with Crippen LogP contribution in [0.15, 0.2) is 0 Å². The minimum atomic E-state index is -0.677. The molecule has 0 saturated heterocycles. The van der Waals surface area contributed by atoms with Crippen molar-refractivity contribution in [1.29, 1.82) is 0 Å². The zero-order valence-electron chi connectivity index (χ0n) is 7.25. The average Bonchev–Trinajstić information content (AvgIpc) is 2.01. The summed E-state index contributed by atoms with van der Waals surface area (Å²) in [6.45, 7) is 2.97. The van der Waals surface area contributed by atoms with E-state index in [0.29, 0.717) is 6.61 Å². The Morgan fingerprint density at radius 3 is 2.92 bits per heavy atom. The highest BCUT2D eigenvalue weighted by Gasteiger charge is 2.03. The van der Waals surface area contributed by atoms with Crippen molar-refractivity contribution in [3.63, 3.8) is 0 Å². The molecule has 0 rings (SSSR count). The zero-order valence-corrected chi connectivity index (χ0v) is 7.25. The van der Waals surface area contributed by atoms with E-state index in [0.717, 1.165) is 6.42 Å². The van der Waals surface area contributed by atoms with E-state index in [-0.39, 0.29) is 13.2 Å². The summed E-state index contributed by atoms with van der Waals surface area (Å²) in [7, 11) is 0. The van der Waals surface area contributed by atoms with Crippen LogP contribution in [0.1, 0.15) is 13.3 Å². The molecule has 0 bridgehead atoms. The Balaban J connectivity index is 3.21. The van der Waals surface area contributed by atoms with Crippen molar-refractivity contribution in [3.05, 3.63) is 0 Å². The highest BCUT2D eigenvalue weighted by molar-refractivity contribution is 5.71. The molecule has 5 nitrogen and oxygen atoms in total. The lowest BCUT2D eigenvalue weighted by Gasteiger charge is -2.10. The molecule has 0 aromatic rings. The largest absolute Gasteiger partial charge is 0.389 e. The van der Waals surface area contributed by atoms with Gasteiger partial charge in [0, 0.05) is 13.2 Å². The molecule has 0 aliphatic carbocycles. The number of amides is 2. The molecular weight excluding hydrogens is 160 g/mol. The van der Waals surface area contributed by atoms with E-state index in [4.69, 9.17) is 15.6 Å². The average molecular weight is 176 g/mol. The summed E-state index contributed by atoms with van der Waals surface area (Å²) in [4.78, 5) is 10.2. The van der Waals surface area contributed by atoms with Crippen LogP contribution < -0.4 is 11.1 Å². The topological polar surface area (TPSA) is 84.6 Å². The van der Waals surface area contributed by atoms with Gasteiger partial charge in [-0.2, -0.15) is 0 Å². The number of hydrogen-bond donors (Lipinski definition) is 3. The van der Waals surface area contributed by atoms with E-state index in [9.17, 15) is 4.79 Å². The van der Waals surface area contributed by atoms with Gasteiger partial charge in [0.2, 0.25) is 0 Å². The molecule has 1 atom stereocenters. The first-order valence-corrected chi connectivity index (χ1v) is 3.96. The van der Waals surface area contributed by atoms with E-state index in [1.54, 1.807) is 0 Å². The van der Waals surface area contributed by atoms with Gasteiger partial charge in [-0.1, -0.05) is 6.92 Å². The Morgan fingerprint density at radius 2 is 2.42 bits per heavy atom. The fraction of sp³-hybridized carbons (Fsp3) is 0.857. The molecule has 2 amide bonds. The molecule has 0 fully saturated rings. The van der Waals surface area contributed by atoms with Crippen LogP contribution in [-0.2, 0) is 4.74 Å². The Morgan fingerprint density at radius 1 is 1.75 bits per heavy atom. The van der Waals surface area contributed by atoms with Gasteiger partial charge in [0.05, 0.1) is 12.7 Å². The summed E-state index contributed by atoms with van der Waals surface area (Å²) >= 11 is 0. The van der Waals surface area contributed by atoms with E-state index < -0.39 is 12.1 Å². The van der Waals surface area contributed by atoms with Crippen molar-refractivity contribution in [2.24, 2.45) is 5.73 Å². The molecule has 0 spiro atoms. The van der Waals surface area contributed by atoms with Crippen molar-refractivity contribution in [1.82, 2.24) is 5.32 Å². The summed E-state index contributed by atoms with van der Waals surface area (Å²) in [5.41, 5.74) is 4.79. The van der Waals surface area contributed by atoms with E-state index in [1.807, 2.05) is 6.92 Å². The summed E-state index contributed by atoms with van der Waals surface area (Å²) in [5.74, 6) is 0. The van der Waals surface area contributed by atoms with Gasteiger partial charge in [-0.25, -0.2) is 4.79 Å². The van der Waals surface area contributed by atoms with Crippen LogP contribution in [0.4, 0.5) is 4.79 Å². The Kier molecular flexibility index (Phi) is 6.41. The van der Waals surface area contributed by atoms with E-state index in [1.165, 1.54) is 0 Å². The number of aliphatic hydroxyl groups excluding tert-OH is 1. The molecule has 0 aromatic heterocycles. The number of primary amides is 1. The second kappa shape index (κ2) is 6.87. The SMILES string of the molecule is CCCOCC(O)CNC(N)=O. The lowest BCUT2D eigenvalue weighted by molar-refractivity contribution is 0.0387. The van der Waals surface area contributed by atoms with Crippen LogP contribution in [0, 0.1) is 0 Å². The highest BCUT2D eigenvalue weighted by atomic mass is 16.5. The van der Waals surface area contributed by atoms with Crippen LogP contribution in [0.3, 0.4) is 0 Å². The number of carbonyl (C=O) groups is 1. The lowest BCUT2D eigenvalue weighted by atomic mass is 10.4. The summed E-state index contributed by atoms with van der Waals surface area (Å²) in [5, 5.41) is 11.4. The third-order valence-electron chi connectivity index (χ3n) is 1.17. The molecule has 0 heterocycles. The molecule has 72 valence electrons. The number of nitrogens with one attached hydrogen (secondary N) is 1. The minimum Gasteiger partial charge on any atom is -0.389 e. The van der Waals surface area contributed by atoms with Crippen molar-refractivity contribution in [2.75, 3.05) is 19.8 Å². The second-order valence-electron chi connectivity index (χ2n) is 2.47. The van der Waals surface area contributed by atoms with Crippen LogP contribution >= 0.6 is 0 Å². The van der Waals surface area contributed by atoms with E-state index in [2.05, 4.69) is 5.32 Å². The first-order chi connectivity index (χ1) is 5.66. The second-order valence-corrected chi connectivity index (χ2v) is 2.47. The van der Waals surface area contributed by atoms with Crippen LogP contribution in [-0.4, -0.2) is 37.0 Å². The molecule has 1 unspecified atom stereocenters. The number of aliphatic hydroxyl groups is 1. The van der Waals surface area contributed by atoms with Gasteiger partial charge >= 0.3 is 6.03 Å². The maximum Gasteiger partial charge on any atom is 0.312 e. The smallest absolute Gasteiger partial charge is 0.312 e. The molecule has 4 N–H and O–H groups in total.